The minimum atomic E-state index is -0.466. The van der Waals surface area contributed by atoms with Crippen LogP contribution < -0.4 is 5.73 Å². The van der Waals surface area contributed by atoms with Gasteiger partial charge in [-0.15, -0.1) is 0 Å². The first-order valence-electron chi connectivity index (χ1n) is 4.37. The van der Waals surface area contributed by atoms with Crippen molar-refractivity contribution in [2.24, 2.45) is 11.7 Å². The molecule has 1 unspecified atom stereocenters. The second kappa shape index (κ2) is 4.28. The monoisotopic (exact) mass is 261 g/mol. The van der Waals surface area contributed by atoms with E-state index in [0.717, 1.165) is 6.07 Å². The standard InChI is InChI=1S/C10H13BrFNO/c1-5(2)10(13)6-3-7(11)9(14)4-8(6)12/h3-5,10,14H,13H2,1-2H3. The molecule has 0 radical (unpaired) electrons. The molecule has 0 aliphatic carbocycles. The van der Waals surface area contributed by atoms with Crippen LogP contribution in [0.5, 0.6) is 5.75 Å². The molecule has 0 aliphatic rings. The van der Waals surface area contributed by atoms with Gasteiger partial charge in [0.15, 0.2) is 0 Å². The van der Waals surface area contributed by atoms with Crippen LogP contribution in [0.1, 0.15) is 25.5 Å². The lowest BCUT2D eigenvalue weighted by molar-refractivity contribution is 0.453. The summed E-state index contributed by atoms with van der Waals surface area (Å²) >= 11 is 3.13. The Morgan fingerprint density at radius 1 is 1.43 bits per heavy atom. The molecular formula is C10H13BrFNO. The fraction of sp³-hybridized carbons (Fsp3) is 0.400. The number of phenolic OH excluding ortho intramolecular Hbond substituents is 1. The number of rotatable bonds is 2. The molecule has 0 aliphatic heterocycles. The van der Waals surface area contributed by atoms with E-state index in [9.17, 15) is 9.50 Å². The molecule has 4 heteroatoms. The molecule has 78 valence electrons. The lowest BCUT2D eigenvalue weighted by atomic mass is 9.96. The van der Waals surface area contributed by atoms with Crippen molar-refractivity contribution in [1.82, 2.24) is 0 Å². The molecule has 0 spiro atoms. The number of halogens is 2. The van der Waals surface area contributed by atoms with Gasteiger partial charge in [-0.2, -0.15) is 0 Å². The lowest BCUT2D eigenvalue weighted by Gasteiger charge is -2.17. The van der Waals surface area contributed by atoms with Gasteiger partial charge < -0.3 is 10.8 Å². The summed E-state index contributed by atoms with van der Waals surface area (Å²) < 4.78 is 13.8. The quantitative estimate of drug-likeness (QED) is 0.860. The van der Waals surface area contributed by atoms with Crippen molar-refractivity contribution in [2.75, 3.05) is 0 Å². The largest absolute Gasteiger partial charge is 0.507 e. The Balaban J connectivity index is 3.15. The molecule has 0 aromatic heterocycles. The molecule has 0 bridgehead atoms. The Kier molecular flexibility index (Phi) is 3.50. The smallest absolute Gasteiger partial charge is 0.132 e. The van der Waals surface area contributed by atoms with E-state index in [1.807, 2.05) is 13.8 Å². The molecule has 2 nitrogen and oxygen atoms in total. The summed E-state index contributed by atoms with van der Waals surface area (Å²) in [6.45, 7) is 3.84. The Labute approximate surface area is 91.1 Å². The van der Waals surface area contributed by atoms with Crippen molar-refractivity contribution in [1.29, 1.82) is 0 Å². The topological polar surface area (TPSA) is 46.2 Å². The molecule has 0 saturated carbocycles. The van der Waals surface area contributed by atoms with Gasteiger partial charge in [0.2, 0.25) is 0 Å². The zero-order valence-corrected chi connectivity index (χ0v) is 9.68. The normalized spacial score (nSPS) is 13.3. The predicted molar refractivity (Wildman–Crippen MR) is 57.5 cm³/mol. The Morgan fingerprint density at radius 2 is 2.00 bits per heavy atom. The zero-order chi connectivity index (χ0) is 10.9. The van der Waals surface area contributed by atoms with Crippen LogP contribution in [0.15, 0.2) is 16.6 Å². The summed E-state index contributed by atoms with van der Waals surface area (Å²) in [6, 6.07) is 2.24. The number of benzene rings is 1. The van der Waals surface area contributed by atoms with Crippen LogP contribution >= 0.6 is 15.9 Å². The summed E-state index contributed by atoms with van der Waals surface area (Å²) in [7, 11) is 0. The van der Waals surface area contributed by atoms with E-state index < -0.39 is 5.82 Å². The second-order valence-corrected chi connectivity index (χ2v) is 4.45. The number of hydrogen-bond donors (Lipinski definition) is 2. The number of nitrogens with two attached hydrogens (primary N) is 1. The minimum Gasteiger partial charge on any atom is -0.507 e. The van der Waals surface area contributed by atoms with E-state index in [2.05, 4.69) is 15.9 Å². The van der Waals surface area contributed by atoms with Gasteiger partial charge in [-0.25, -0.2) is 4.39 Å². The highest BCUT2D eigenvalue weighted by Gasteiger charge is 2.16. The molecule has 1 rings (SSSR count). The van der Waals surface area contributed by atoms with Crippen LogP contribution in [0.2, 0.25) is 0 Å². The first-order valence-corrected chi connectivity index (χ1v) is 5.16. The summed E-state index contributed by atoms with van der Waals surface area (Å²) in [5.41, 5.74) is 6.24. The molecule has 3 N–H and O–H groups in total. The van der Waals surface area contributed by atoms with Crippen molar-refractivity contribution < 1.29 is 9.50 Å². The Bertz CT molecular complexity index is 341. The second-order valence-electron chi connectivity index (χ2n) is 3.59. The van der Waals surface area contributed by atoms with Gasteiger partial charge in [0.1, 0.15) is 11.6 Å². The fourth-order valence-corrected chi connectivity index (χ4v) is 1.53. The average molecular weight is 262 g/mol. The first kappa shape index (κ1) is 11.5. The number of phenols is 1. The third-order valence-corrected chi connectivity index (χ3v) is 2.78. The van der Waals surface area contributed by atoms with E-state index in [1.54, 1.807) is 0 Å². The van der Waals surface area contributed by atoms with Gasteiger partial charge in [0.25, 0.3) is 0 Å². The molecule has 0 heterocycles. The van der Waals surface area contributed by atoms with Crippen LogP contribution in [0, 0.1) is 11.7 Å². The Morgan fingerprint density at radius 3 is 2.50 bits per heavy atom. The lowest BCUT2D eigenvalue weighted by Crippen LogP contribution is -2.18. The molecule has 0 fully saturated rings. The number of hydrogen-bond acceptors (Lipinski definition) is 2. The van der Waals surface area contributed by atoms with Crippen molar-refractivity contribution in [3.05, 3.63) is 28.0 Å². The molecule has 1 atom stereocenters. The highest BCUT2D eigenvalue weighted by atomic mass is 79.9. The maximum Gasteiger partial charge on any atom is 0.132 e. The zero-order valence-electron chi connectivity index (χ0n) is 8.09. The van der Waals surface area contributed by atoms with E-state index in [1.165, 1.54) is 6.07 Å². The van der Waals surface area contributed by atoms with Crippen LogP contribution in [-0.4, -0.2) is 5.11 Å². The van der Waals surface area contributed by atoms with Crippen LogP contribution in [0.25, 0.3) is 0 Å². The van der Waals surface area contributed by atoms with E-state index >= 15 is 0 Å². The minimum absolute atomic E-state index is 0.109. The van der Waals surface area contributed by atoms with Gasteiger partial charge in [-0.05, 0) is 27.9 Å². The van der Waals surface area contributed by atoms with Crippen molar-refractivity contribution >= 4 is 15.9 Å². The van der Waals surface area contributed by atoms with Crippen LogP contribution in [0.3, 0.4) is 0 Å². The van der Waals surface area contributed by atoms with Crippen molar-refractivity contribution in [2.45, 2.75) is 19.9 Å². The summed E-state index contributed by atoms with van der Waals surface area (Å²) in [5, 5.41) is 9.22. The summed E-state index contributed by atoms with van der Waals surface area (Å²) in [4.78, 5) is 0. The van der Waals surface area contributed by atoms with E-state index in [0.29, 0.717) is 10.0 Å². The van der Waals surface area contributed by atoms with Gasteiger partial charge in [0, 0.05) is 17.7 Å². The molecular weight excluding hydrogens is 249 g/mol. The molecule has 1 aromatic carbocycles. The van der Waals surface area contributed by atoms with Gasteiger partial charge >= 0.3 is 0 Å². The van der Waals surface area contributed by atoms with Gasteiger partial charge in [0.05, 0.1) is 4.47 Å². The van der Waals surface area contributed by atoms with E-state index in [4.69, 9.17) is 5.73 Å². The van der Waals surface area contributed by atoms with Gasteiger partial charge in [-0.3, -0.25) is 0 Å². The third-order valence-electron chi connectivity index (χ3n) is 2.14. The van der Waals surface area contributed by atoms with Crippen molar-refractivity contribution in [3.63, 3.8) is 0 Å². The van der Waals surface area contributed by atoms with Crippen LogP contribution in [0.4, 0.5) is 4.39 Å². The van der Waals surface area contributed by atoms with Crippen molar-refractivity contribution in [3.8, 4) is 5.75 Å². The summed E-state index contributed by atoms with van der Waals surface area (Å²) in [5.74, 6) is -0.421. The van der Waals surface area contributed by atoms with Crippen LogP contribution in [-0.2, 0) is 0 Å². The fourth-order valence-electron chi connectivity index (χ4n) is 1.17. The molecule has 1 aromatic rings. The van der Waals surface area contributed by atoms with E-state index in [-0.39, 0.29) is 17.7 Å². The highest BCUT2D eigenvalue weighted by Crippen LogP contribution is 2.31. The molecule has 14 heavy (non-hydrogen) atoms. The molecule has 0 saturated heterocycles. The SMILES string of the molecule is CC(C)C(N)c1cc(Br)c(O)cc1F. The Hall–Kier alpha value is -0.610. The average Bonchev–Trinajstić information content (AvgIpc) is 2.10. The maximum absolute atomic E-state index is 13.4. The highest BCUT2D eigenvalue weighted by molar-refractivity contribution is 9.10. The van der Waals surface area contributed by atoms with Gasteiger partial charge in [-0.1, -0.05) is 13.8 Å². The predicted octanol–water partition coefficient (Wildman–Crippen LogP) is 2.95. The maximum atomic E-state index is 13.4. The third kappa shape index (κ3) is 2.25. The molecule has 0 amide bonds. The summed E-state index contributed by atoms with van der Waals surface area (Å²) in [6.07, 6.45) is 0. The first-order chi connectivity index (χ1) is 6.43. The number of aromatic hydroxyl groups is 1.